The molecule has 0 bridgehead atoms. The van der Waals surface area contributed by atoms with Crippen LogP contribution in [0.1, 0.15) is 41.6 Å². The number of aromatic nitrogens is 1. The van der Waals surface area contributed by atoms with Gasteiger partial charge in [-0.1, -0.05) is 104 Å². The Balaban J connectivity index is 1.01. The summed E-state index contributed by atoms with van der Waals surface area (Å²) in [5.41, 5.74) is 6.51. The molecule has 8 nitrogen and oxygen atoms in total. The smallest absolute Gasteiger partial charge is 0.319 e. The standard InChI is InChI=1S/C44H41N3O5S/c1-30-40(29-53-41-13-7-8-26-45-41)51-43(52-42(30)33-16-14-31(28-48)15-17-33)34-20-18-32(19-21-34)39-12-6-5-9-35(39)27-46-44(49)47-36-22-24-38(25-23-36)50-37-10-3-2-4-11-37/h2-26,30,40,42-43,48H,27-29H2,1H3,(H2,46,47,49)/t30-,40+,42+,43+/m0/s1. The van der Waals surface area contributed by atoms with Gasteiger partial charge in [-0.3, -0.25) is 0 Å². The predicted molar refractivity (Wildman–Crippen MR) is 209 cm³/mol. The van der Waals surface area contributed by atoms with Crippen LogP contribution in [0.4, 0.5) is 10.5 Å². The number of pyridine rings is 1. The number of ether oxygens (including phenoxy) is 3. The Kier molecular flexibility index (Phi) is 11.8. The lowest BCUT2D eigenvalue weighted by molar-refractivity contribution is -0.268. The molecule has 9 heteroatoms. The van der Waals surface area contributed by atoms with Crippen LogP contribution in [0.3, 0.4) is 0 Å². The van der Waals surface area contributed by atoms with Gasteiger partial charge in [0, 0.05) is 35.7 Å². The van der Waals surface area contributed by atoms with Crippen molar-refractivity contribution in [2.24, 2.45) is 5.92 Å². The zero-order chi connectivity index (χ0) is 36.4. The third-order valence-corrected chi connectivity index (χ3v) is 10.2. The number of benzene rings is 5. The summed E-state index contributed by atoms with van der Waals surface area (Å²) in [4.78, 5) is 17.4. The van der Waals surface area contributed by atoms with Crippen LogP contribution >= 0.6 is 11.8 Å². The molecule has 1 aliphatic heterocycles. The van der Waals surface area contributed by atoms with Gasteiger partial charge >= 0.3 is 6.03 Å². The summed E-state index contributed by atoms with van der Waals surface area (Å²) < 4.78 is 19.2. The maximum Gasteiger partial charge on any atom is 0.319 e. The number of amides is 2. The maximum absolute atomic E-state index is 12.9. The van der Waals surface area contributed by atoms with Gasteiger partial charge in [-0.2, -0.15) is 0 Å². The Hall–Kier alpha value is -5.45. The van der Waals surface area contributed by atoms with Crippen LogP contribution in [0.5, 0.6) is 11.5 Å². The van der Waals surface area contributed by atoms with E-state index >= 15 is 0 Å². The molecule has 7 rings (SSSR count). The van der Waals surface area contributed by atoms with Crippen molar-refractivity contribution in [3.8, 4) is 22.6 Å². The Morgan fingerprint density at radius 2 is 1.47 bits per heavy atom. The molecule has 0 unspecified atom stereocenters. The number of hydrogen-bond donors (Lipinski definition) is 3. The van der Waals surface area contributed by atoms with Crippen molar-refractivity contribution in [2.45, 2.75) is 43.6 Å². The van der Waals surface area contributed by atoms with Gasteiger partial charge in [0.1, 0.15) is 11.5 Å². The number of thioether (sulfide) groups is 1. The SMILES string of the molecule is C[C@H]1[C@@H](CSc2ccccn2)O[C@@H](c2ccc(-c3ccccc3CNC(=O)Nc3ccc(Oc4ccccc4)cc3)cc2)O[C@H]1c1ccc(CO)cc1. The Labute approximate surface area is 314 Å². The van der Waals surface area contributed by atoms with E-state index in [1.54, 1.807) is 18.0 Å². The van der Waals surface area contributed by atoms with Crippen molar-refractivity contribution >= 4 is 23.5 Å². The zero-order valence-electron chi connectivity index (χ0n) is 29.3. The highest BCUT2D eigenvalue weighted by Crippen LogP contribution is 2.43. The molecule has 1 aromatic heterocycles. The molecular weight excluding hydrogens is 683 g/mol. The van der Waals surface area contributed by atoms with Crippen LogP contribution in [-0.2, 0) is 22.6 Å². The van der Waals surface area contributed by atoms with Crippen molar-refractivity contribution in [3.63, 3.8) is 0 Å². The molecule has 0 saturated carbocycles. The average molecular weight is 724 g/mol. The van der Waals surface area contributed by atoms with Crippen LogP contribution in [0.2, 0.25) is 0 Å². The monoisotopic (exact) mass is 723 g/mol. The number of nitrogens with zero attached hydrogens (tertiary/aromatic N) is 1. The van der Waals surface area contributed by atoms with E-state index in [-0.39, 0.29) is 30.8 Å². The number of urea groups is 1. The molecule has 1 aliphatic rings. The Morgan fingerprint density at radius 1 is 0.774 bits per heavy atom. The molecule has 1 fully saturated rings. The van der Waals surface area contributed by atoms with E-state index in [1.807, 2.05) is 127 Å². The number of hydrogen-bond acceptors (Lipinski definition) is 7. The summed E-state index contributed by atoms with van der Waals surface area (Å²) in [6, 6.07) is 46.7. The van der Waals surface area contributed by atoms with Gasteiger partial charge < -0.3 is 30.0 Å². The first-order valence-electron chi connectivity index (χ1n) is 17.6. The minimum absolute atomic E-state index is 0.00431. The summed E-state index contributed by atoms with van der Waals surface area (Å²) >= 11 is 1.68. The normalized spacial score (nSPS) is 18.2. The van der Waals surface area contributed by atoms with Gasteiger partial charge in [0.15, 0.2) is 6.29 Å². The molecular formula is C44H41N3O5S. The molecule has 0 spiro atoms. The topological polar surface area (TPSA) is 102 Å². The number of aliphatic hydroxyl groups is 1. The fourth-order valence-electron chi connectivity index (χ4n) is 6.27. The lowest BCUT2D eigenvalue weighted by Gasteiger charge is -2.41. The molecule has 6 aromatic rings. The van der Waals surface area contributed by atoms with E-state index < -0.39 is 6.29 Å². The first-order valence-corrected chi connectivity index (χ1v) is 18.6. The van der Waals surface area contributed by atoms with Gasteiger partial charge in [0.05, 0.1) is 23.8 Å². The van der Waals surface area contributed by atoms with Crippen LogP contribution in [0, 0.1) is 5.92 Å². The van der Waals surface area contributed by atoms with Gasteiger partial charge in [0.2, 0.25) is 0 Å². The number of carbonyl (C=O) groups excluding carboxylic acids is 1. The van der Waals surface area contributed by atoms with Crippen molar-refractivity contribution in [1.29, 1.82) is 0 Å². The van der Waals surface area contributed by atoms with Gasteiger partial charge in [-0.25, -0.2) is 9.78 Å². The highest BCUT2D eigenvalue weighted by molar-refractivity contribution is 7.99. The largest absolute Gasteiger partial charge is 0.457 e. The zero-order valence-corrected chi connectivity index (χ0v) is 30.1. The molecule has 2 amide bonds. The van der Waals surface area contributed by atoms with E-state index in [0.717, 1.165) is 49.9 Å². The number of para-hydroxylation sites is 1. The second kappa shape index (κ2) is 17.4. The third-order valence-electron chi connectivity index (χ3n) is 9.20. The molecule has 4 atom stereocenters. The van der Waals surface area contributed by atoms with Crippen molar-refractivity contribution in [1.82, 2.24) is 10.3 Å². The van der Waals surface area contributed by atoms with Crippen LogP contribution in [0.25, 0.3) is 11.1 Å². The second-order valence-electron chi connectivity index (χ2n) is 12.8. The molecule has 53 heavy (non-hydrogen) atoms. The van der Waals surface area contributed by atoms with Gasteiger partial charge in [-0.15, -0.1) is 11.8 Å². The summed E-state index contributed by atoms with van der Waals surface area (Å²) in [5, 5.41) is 16.4. The molecule has 2 heterocycles. The molecule has 3 N–H and O–H groups in total. The van der Waals surface area contributed by atoms with Crippen molar-refractivity contribution < 1.29 is 24.1 Å². The Bertz CT molecular complexity index is 2060. The fourth-order valence-corrected chi connectivity index (χ4v) is 7.29. The van der Waals surface area contributed by atoms with Crippen LogP contribution in [0.15, 0.2) is 157 Å². The van der Waals surface area contributed by atoms with Crippen LogP contribution in [-0.4, -0.2) is 28.0 Å². The minimum Gasteiger partial charge on any atom is -0.457 e. The average Bonchev–Trinajstić information content (AvgIpc) is 3.21. The molecule has 0 radical (unpaired) electrons. The minimum atomic E-state index is -0.573. The number of carbonyl (C=O) groups is 1. The fraction of sp³-hybridized carbons (Fsp3) is 0.182. The number of anilines is 1. The number of nitrogens with one attached hydrogen (secondary N) is 2. The maximum atomic E-state index is 12.9. The first kappa shape index (κ1) is 35.9. The Morgan fingerprint density at radius 3 is 2.21 bits per heavy atom. The van der Waals surface area contributed by atoms with E-state index in [9.17, 15) is 9.90 Å². The van der Waals surface area contributed by atoms with Crippen molar-refractivity contribution in [2.75, 3.05) is 11.1 Å². The lowest BCUT2D eigenvalue weighted by atomic mass is 9.91. The number of rotatable bonds is 12. The molecule has 1 saturated heterocycles. The van der Waals surface area contributed by atoms with E-state index in [2.05, 4.69) is 40.7 Å². The second-order valence-corrected chi connectivity index (χ2v) is 13.9. The quantitative estimate of drug-likeness (QED) is 0.108. The molecule has 268 valence electrons. The summed E-state index contributed by atoms with van der Waals surface area (Å²) in [5.74, 6) is 2.24. The van der Waals surface area contributed by atoms with Gasteiger partial charge in [0.25, 0.3) is 0 Å². The highest BCUT2D eigenvalue weighted by atomic mass is 32.2. The summed E-state index contributed by atoms with van der Waals surface area (Å²) in [6.45, 7) is 2.50. The van der Waals surface area contributed by atoms with E-state index in [1.165, 1.54) is 0 Å². The predicted octanol–water partition coefficient (Wildman–Crippen LogP) is 9.94. The highest BCUT2D eigenvalue weighted by Gasteiger charge is 2.38. The summed E-state index contributed by atoms with van der Waals surface area (Å²) in [7, 11) is 0. The first-order chi connectivity index (χ1) is 26.0. The van der Waals surface area contributed by atoms with Gasteiger partial charge in [-0.05, 0) is 76.3 Å². The van der Waals surface area contributed by atoms with Crippen molar-refractivity contribution in [3.05, 3.63) is 174 Å². The van der Waals surface area contributed by atoms with Crippen LogP contribution < -0.4 is 15.4 Å². The van der Waals surface area contributed by atoms with E-state index in [4.69, 9.17) is 14.2 Å². The lowest BCUT2D eigenvalue weighted by Crippen LogP contribution is -2.38. The third kappa shape index (κ3) is 9.32. The number of aliphatic hydroxyl groups excluding tert-OH is 1. The van der Waals surface area contributed by atoms with E-state index in [0.29, 0.717) is 18.0 Å². The summed E-state index contributed by atoms with van der Waals surface area (Å²) in [6.07, 6.45) is 0.936. The molecule has 0 aliphatic carbocycles. The molecule has 5 aromatic carbocycles.